The molecule has 30 heavy (non-hydrogen) atoms. The molecule has 1 amide bonds. The van der Waals surface area contributed by atoms with Gasteiger partial charge >= 0.3 is 5.69 Å². The second-order valence-electron chi connectivity index (χ2n) is 6.63. The van der Waals surface area contributed by atoms with Gasteiger partial charge in [0.15, 0.2) is 27.4 Å². The molecule has 11 heteroatoms. The largest absolute Gasteiger partial charge is 0.493 e. The lowest BCUT2D eigenvalue weighted by Gasteiger charge is -2.11. The second-order valence-corrected chi connectivity index (χ2v) is 7.34. The third-order valence-corrected chi connectivity index (χ3v) is 5.38. The van der Waals surface area contributed by atoms with E-state index in [4.69, 9.17) is 9.47 Å². The molecule has 0 saturated heterocycles. The molecule has 3 aromatic rings. The van der Waals surface area contributed by atoms with Crippen LogP contribution in [0.1, 0.15) is 5.56 Å². The molecule has 1 aromatic carbocycles. The highest BCUT2D eigenvalue weighted by atomic mass is 79.9. The van der Waals surface area contributed by atoms with Crippen LogP contribution >= 0.6 is 15.9 Å². The average Bonchev–Trinajstić information content (AvgIpc) is 3.06. The predicted molar refractivity (Wildman–Crippen MR) is 114 cm³/mol. The van der Waals surface area contributed by atoms with Crippen molar-refractivity contribution < 1.29 is 14.3 Å². The first-order valence-corrected chi connectivity index (χ1v) is 9.87. The highest BCUT2D eigenvalue weighted by molar-refractivity contribution is 9.10. The van der Waals surface area contributed by atoms with Gasteiger partial charge in [0.2, 0.25) is 5.91 Å². The Morgan fingerprint density at radius 3 is 2.50 bits per heavy atom. The molecule has 0 aliphatic carbocycles. The lowest BCUT2D eigenvalue weighted by atomic mass is 10.1. The number of nitrogens with zero attached hydrogens (tertiary/aromatic N) is 4. The highest BCUT2D eigenvalue weighted by Crippen LogP contribution is 2.27. The molecule has 2 aromatic heterocycles. The number of carbonyl (C=O) groups excluding carboxylic acids is 1. The van der Waals surface area contributed by atoms with E-state index < -0.39 is 11.2 Å². The van der Waals surface area contributed by atoms with Crippen LogP contribution in [0.5, 0.6) is 11.5 Å². The molecule has 0 bridgehead atoms. The Balaban J connectivity index is 1.73. The first-order valence-electron chi connectivity index (χ1n) is 9.07. The number of methoxy groups -OCH3 is 2. The first kappa shape index (κ1) is 21.6. The Hall–Kier alpha value is -3.08. The summed E-state index contributed by atoms with van der Waals surface area (Å²) < 4.78 is 14.6. The van der Waals surface area contributed by atoms with Crippen molar-refractivity contribution in [3.8, 4) is 11.5 Å². The molecule has 3 rings (SSSR count). The summed E-state index contributed by atoms with van der Waals surface area (Å²) in [5.41, 5.74) is 0.374. The molecule has 0 aliphatic rings. The fourth-order valence-corrected chi connectivity index (χ4v) is 3.66. The number of hydrogen-bond donors (Lipinski definition) is 1. The van der Waals surface area contributed by atoms with E-state index in [1.165, 1.54) is 23.2 Å². The van der Waals surface area contributed by atoms with Gasteiger partial charge in [0, 0.05) is 20.6 Å². The SMILES string of the molecule is COc1ccc(CCNC(=O)Cn2c(Br)nc3c(=O)n(C)c(=O)n(C)c32)cc1OC. The number of nitrogens with one attached hydrogen (secondary N) is 1. The van der Waals surface area contributed by atoms with Crippen LogP contribution in [0.25, 0.3) is 11.2 Å². The third kappa shape index (κ3) is 3.97. The lowest BCUT2D eigenvalue weighted by Crippen LogP contribution is -2.38. The Morgan fingerprint density at radius 1 is 1.13 bits per heavy atom. The molecular formula is C19H22BrN5O5. The molecule has 10 nitrogen and oxygen atoms in total. The van der Waals surface area contributed by atoms with Crippen LogP contribution < -0.4 is 26.0 Å². The normalized spacial score (nSPS) is 11.0. The molecule has 160 valence electrons. The number of ether oxygens (including phenoxy) is 2. The minimum atomic E-state index is -0.513. The van der Waals surface area contributed by atoms with Gasteiger partial charge in [0.1, 0.15) is 6.54 Å². The van der Waals surface area contributed by atoms with Crippen LogP contribution in [-0.4, -0.2) is 45.4 Å². The molecule has 0 spiro atoms. The number of aromatic nitrogens is 4. The van der Waals surface area contributed by atoms with E-state index in [-0.39, 0.29) is 23.6 Å². The topological polar surface area (TPSA) is 109 Å². The van der Waals surface area contributed by atoms with E-state index in [1.54, 1.807) is 14.2 Å². The summed E-state index contributed by atoms with van der Waals surface area (Å²) in [7, 11) is 6.06. The summed E-state index contributed by atoms with van der Waals surface area (Å²) >= 11 is 3.27. The lowest BCUT2D eigenvalue weighted by molar-refractivity contribution is -0.121. The Labute approximate surface area is 180 Å². The number of amides is 1. The Bertz CT molecular complexity index is 1230. The monoisotopic (exact) mass is 479 g/mol. The van der Waals surface area contributed by atoms with Crippen LogP contribution in [0.15, 0.2) is 32.5 Å². The van der Waals surface area contributed by atoms with Crippen LogP contribution in [0.3, 0.4) is 0 Å². The van der Waals surface area contributed by atoms with E-state index in [9.17, 15) is 14.4 Å². The summed E-state index contributed by atoms with van der Waals surface area (Å²) in [6, 6.07) is 5.57. The van der Waals surface area contributed by atoms with Gasteiger partial charge in [-0.05, 0) is 40.0 Å². The van der Waals surface area contributed by atoms with Gasteiger partial charge in [-0.15, -0.1) is 0 Å². The van der Waals surface area contributed by atoms with Crippen molar-refractivity contribution in [2.45, 2.75) is 13.0 Å². The van der Waals surface area contributed by atoms with Crippen LogP contribution in [0, 0.1) is 0 Å². The molecule has 0 fully saturated rings. The van der Waals surface area contributed by atoms with Crippen LogP contribution in [0.4, 0.5) is 0 Å². The molecule has 0 aliphatic heterocycles. The minimum absolute atomic E-state index is 0.0938. The van der Waals surface area contributed by atoms with E-state index in [0.29, 0.717) is 29.2 Å². The number of benzene rings is 1. The fraction of sp³-hybridized carbons (Fsp3) is 0.368. The number of rotatable bonds is 7. The zero-order chi connectivity index (χ0) is 22.0. The van der Waals surface area contributed by atoms with E-state index in [1.807, 2.05) is 18.2 Å². The van der Waals surface area contributed by atoms with Gasteiger partial charge < -0.3 is 14.8 Å². The summed E-state index contributed by atoms with van der Waals surface area (Å²) in [6.07, 6.45) is 0.594. The summed E-state index contributed by atoms with van der Waals surface area (Å²) in [5, 5.41) is 2.84. The fourth-order valence-electron chi connectivity index (χ4n) is 3.18. The molecule has 0 atom stereocenters. The standard InChI is InChI=1S/C19H22BrN5O5/c1-23-16-15(17(27)24(2)19(23)28)22-18(20)25(16)10-14(26)21-8-7-11-5-6-12(29-3)13(9-11)30-4/h5-6,9H,7-8,10H2,1-4H3,(H,21,26). The zero-order valence-corrected chi connectivity index (χ0v) is 18.6. The molecule has 2 heterocycles. The van der Waals surface area contributed by atoms with Crippen LogP contribution in [-0.2, 0) is 31.9 Å². The quantitative estimate of drug-likeness (QED) is 0.496. The number of carbonyl (C=O) groups is 1. The first-order chi connectivity index (χ1) is 14.3. The Morgan fingerprint density at radius 2 is 1.83 bits per heavy atom. The predicted octanol–water partition coefficient (Wildman–Crippen LogP) is 0.572. The van der Waals surface area contributed by atoms with E-state index >= 15 is 0 Å². The molecule has 0 unspecified atom stereocenters. The van der Waals surface area contributed by atoms with Crippen molar-refractivity contribution in [2.75, 3.05) is 20.8 Å². The van der Waals surface area contributed by atoms with Gasteiger partial charge in [-0.3, -0.25) is 23.3 Å². The van der Waals surface area contributed by atoms with Gasteiger partial charge in [0.25, 0.3) is 5.56 Å². The third-order valence-electron chi connectivity index (χ3n) is 4.78. The van der Waals surface area contributed by atoms with Gasteiger partial charge in [0.05, 0.1) is 14.2 Å². The summed E-state index contributed by atoms with van der Waals surface area (Å²) in [4.78, 5) is 41.2. The molecular weight excluding hydrogens is 458 g/mol. The van der Waals surface area contributed by atoms with Crippen molar-refractivity contribution in [3.05, 3.63) is 49.3 Å². The molecule has 0 saturated carbocycles. The highest BCUT2D eigenvalue weighted by Gasteiger charge is 2.19. The van der Waals surface area contributed by atoms with Crippen molar-refractivity contribution in [2.24, 2.45) is 14.1 Å². The number of aryl methyl sites for hydroxylation is 1. The van der Waals surface area contributed by atoms with Crippen molar-refractivity contribution >= 4 is 33.0 Å². The van der Waals surface area contributed by atoms with Gasteiger partial charge in [-0.2, -0.15) is 0 Å². The maximum absolute atomic E-state index is 12.5. The van der Waals surface area contributed by atoms with Crippen molar-refractivity contribution in [1.82, 2.24) is 24.0 Å². The maximum atomic E-state index is 12.5. The average molecular weight is 480 g/mol. The maximum Gasteiger partial charge on any atom is 0.332 e. The molecule has 0 radical (unpaired) electrons. The minimum Gasteiger partial charge on any atom is -0.493 e. The zero-order valence-electron chi connectivity index (χ0n) is 17.1. The van der Waals surface area contributed by atoms with E-state index in [0.717, 1.165) is 10.1 Å². The van der Waals surface area contributed by atoms with Crippen LogP contribution in [0.2, 0.25) is 0 Å². The number of halogens is 1. The van der Waals surface area contributed by atoms with E-state index in [2.05, 4.69) is 26.2 Å². The summed E-state index contributed by atoms with van der Waals surface area (Å²) in [6.45, 7) is 0.308. The van der Waals surface area contributed by atoms with Crippen molar-refractivity contribution in [3.63, 3.8) is 0 Å². The summed E-state index contributed by atoms with van der Waals surface area (Å²) in [5.74, 6) is 0.986. The number of fused-ring (bicyclic) bond motifs is 1. The molecule has 1 N–H and O–H groups in total. The van der Waals surface area contributed by atoms with Gasteiger partial charge in [-0.1, -0.05) is 6.07 Å². The Kier molecular flexibility index (Phi) is 6.30. The second kappa shape index (κ2) is 8.74. The smallest absolute Gasteiger partial charge is 0.332 e. The van der Waals surface area contributed by atoms with Crippen molar-refractivity contribution in [1.29, 1.82) is 0 Å². The number of hydrogen-bond acceptors (Lipinski definition) is 6. The number of imidazole rings is 1. The van der Waals surface area contributed by atoms with Gasteiger partial charge in [-0.25, -0.2) is 9.78 Å².